The van der Waals surface area contributed by atoms with Crippen molar-refractivity contribution in [2.45, 2.75) is 13.8 Å². The van der Waals surface area contributed by atoms with E-state index >= 15 is 0 Å². The van der Waals surface area contributed by atoms with Crippen LogP contribution in [0.25, 0.3) is 16.5 Å². The van der Waals surface area contributed by atoms with E-state index in [-0.39, 0.29) is 5.78 Å². The second-order valence-electron chi connectivity index (χ2n) is 4.07. The van der Waals surface area contributed by atoms with E-state index in [1.807, 2.05) is 37.3 Å². The summed E-state index contributed by atoms with van der Waals surface area (Å²) in [5.74, 6) is 0.117. The Labute approximate surface area is 119 Å². The lowest BCUT2D eigenvalue weighted by molar-refractivity contribution is -0.113. The van der Waals surface area contributed by atoms with Gasteiger partial charge in [0.15, 0.2) is 5.78 Å². The molecule has 3 heteroatoms. The van der Waals surface area contributed by atoms with E-state index in [4.69, 9.17) is 0 Å². The van der Waals surface area contributed by atoms with E-state index in [0.29, 0.717) is 0 Å². The first-order valence-corrected chi connectivity index (χ1v) is 7.23. The average Bonchev–Trinajstić information content (AvgIpc) is 2.77. The Morgan fingerprint density at radius 1 is 1.17 bits per heavy atom. The van der Waals surface area contributed by atoms with Crippen molar-refractivity contribution < 1.29 is 4.79 Å². The Morgan fingerprint density at radius 3 is 2.56 bits per heavy atom. The molecule has 0 bridgehead atoms. The van der Waals surface area contributed by atoms with E-state index in [0.717, 1.165) is 14.9 Å². The van der Waals surface area contributed by atoms with Gasteiger partial charge in [-0.2, -0.15) is 0 Å². The molecule has 0 unspecified atom stereocenters. The van der Waals surface area contributed by atoms with Gasteiger partial charge in [0.2, 0.25) is 0 Å². The summed E-state index contributed by atoms with van der Waals surface area (Å²) >= 11 is 5.24. The third-order valence-corrected chi connectivity index (χ3v) is 4.44. The third-order valence-electron chi connectivity index (χ3n) is 2.68. The summed E-state index contributed by atoms with van der Waals surface area (Å²) in [5.41, 5.74) is 1.97. The predicted octanol–water partition coefficient (Wildman–Crippen LogP) is 5.17. The van der Waals surface area contributed by atoms with Crippen molar-refractivity contribution in [2.24, 2.45) is 0 Å². The van der Waals surface area contributed by atoms with Crippen LogP contribution in [0.2, 0.25) is 0 Å². The Morgan fingerprint density at radius 2 is 1.89 bits per heavy atom. The molecule has 0 fully saturated rings. The lowest BCUT2D eigenvalue weighted by Gasteiger charge is -1.99. The molecule has 0 atom stereocenters. The van der Waals surface area contributed by atoms with Crippen molar-refractivity contribution >= 4 is 39.1 Å². The normalized spacial score (nSPS) is 11.6. The van der Waals surface area contributed by atoms with Crippen molar-refractivity contribution in [3.05, 3.63) is 51.3 Å². The van der Waals surface area contributed by atoms with Crippen LogP contribution < -0.4 is 0 Å². The van der Waals surface area contributed by atoms with Crippen molar-refractivity contribution in [1.29, 1.82) is 0 Å². The van der Waals surface area contributed by atoms with Gasteiger partial charge in [0.05, 0.1) is 0 Å². The van der Waals surface area contributed by atoms with Crippen molar-refractivity contribution in [3.63, 3.8) is 0 Å². The van der Waals surface area contributed by atoms with Gasteiger partial charge in [-0.1, -0.05) is 34.1 Å². The molecule has 0 saturated carbocycles. The van der Waals surface area contributed by atoms with Crippen LogP contribution >= 0.6 is 27.3 Å². The summed E-state index contributed by atoms with van der Waals surface area (Å²) in [6.45, 7) is 3.44. The first-order valence-electron chi connectivity index (χ1n) is 5.62. The number of Topliss-reactive ketones (excluding diaryl/α,β-unsaturated/α-hetero) is 1. The fourth-order valence-corrected chi connectivity index (χ4v) is 3.23. The Bertz CT molecular complexity index is 610. The number of allylic oxidation sites excluding steroid dienone is 1. The molecule has 1 nitrogen and oxygen atoms in total. The van der Waals surface area contributed by atoms with Gasteiger partial charge in [-0.05, 0) is 43.7 Å². The van der Waals surface area contributed by atoms with Crippen LogP contribution in [0.4, 0.5) is 0 Å². The molecule has 1 aromatic heterocycles. The Balaban J connectivity index is 2.35. The van der Waals surface area contributed by atoms with Gasteiger partial charge < -0.3 is 0 Å². The van der Waals surface area contributed by atoms with Crippen molar-refractivity contribution in [1.82, 2.24) is 0 Å². The van der Waals surface area contributed by atoms with Crippen LogP contribution in [0, 0.1) is 0 Å². The number of hydrogen-bond acceptors (Lipinski definition) is 2. The minimum atomic E-state index is 0.117. The summed E-state index contributed by atoms with van der Waals surface area (Å²) < 4.78 is 1.09. The molecule has 0 aliphatic carbocycles. The van der Waals surface area contributed by atoms with E-state index in [2.05, 4.69) is 28.1 Å². The first-order chi connectivity index (χ1) is 8.58. The van der Waals surface area contributed by atoms with Crippen LogP contribution in [0.15, 0.2) is 46.4 Å². The zero-order valence-electron chi connectivity index (χ0n) is 10.2. The second-order valence-corrected chi connectivity index (χ2v) is 6.04. The molecule has 0 radical (unpaired) electrons. The van der Waals surface area contributed by atoms with Gasteiger partial charge in [-0.3, -0.25) is 4.79 Å². The summed E-state index contributed by atoms with van der Waals surface area (Å²) in [4.78, 5) is 13.5. The van der Waals surface area contributed by atoms with E-state index in [1.165, 1.54) is 10.4 Å². The molecule has 0 saturated heterocycles. The molecule has 0 spiro atoms. The highest BCUT2D eigenvalue weighted by molar-refractivity contribution is 9.10. The van der Waals surface area contributed by atoms with Gasteiger partial charge in [-0.25, -0.2) is 0 Å². The topological polar surface area (TPSA) is 17.1 Å². The number of ketones is 1. The number of carbonyl (C=O) groups is 1. The van der Waals surface area contributed by atoms with Gasteiger partial charge in [0.1, 0.15) is 0 Å². The molecular weight excluding hydrogens is 308 g/mol. The number of carbonyl (C=O) groups excluding carboxylic acids is 1. The maximum Gasteiger partial charge on any atom is 0.155 e. The monoisotopic (exact) mass is 320 g/mol. The van der Waals surface area contributed by atoms with Crippen LogP contribution in [0.1, 0.15) is 18.7 Å². The number of hydrogen-bond donors (Lipinski definition) is 0. The van der Waals surface area contributed by atoms with Crippen LogP contribution in [0.3, 0.4) is 0 Å². The van der Waals surface area contributed by atoms with Crippen LogP contribution in [-0.2, 0) is 4.79 Å². The molecular formula is C15H13BrOS. The second kappa shape index (κ2) is 5.63. The molecule has 0 aliphatic heterocycles. The molecule has 2 aromatic rings. The number of thiophene rings is 1. The molecule has 1 heterocycles. The van der Waals surface area contributed by atoms with E-state index in [9.17, 15) is 4.79 Å². The van der Waals surface area contributed by atoms with Crippen LogP contribution in [-0.4, -0.2) is 5.78 Å². The van der Waals surface area contributed by atoms with Gasteiger partial charge in [-0.15, -0.1) is 11.3 Å². The highest BCUT2D eigenvalue weighted by Gasteiger charge is 2.05. The van der Waals surface area contributed by atoms with Gasteiger partial charge in [0.25, 0.3) is 0 Å². The smallest absolute Gasteiger partial charge is 0.155 e. The zero-order valence-corrected chi connectivity index (χ0v) is 12.6. The average molecular weight is 321 g/mol. The van der Waals surface area contributed by atoms with Crippen molar-refractivity contribution in [2.75, 3.05) is 0 Å². The van der Waals surface area contributed by atoms with Gasteiger partial charge >= 0.3 is 0 Å². The Kier molecular flexibility index (Phi) is 4.15. The molecule has 92 valence electrons. The Hall–Kier alpha value is -1.19. The first kappa shape index (κ1) is 13.2. The quantitative estimate of drug-likeness (QED) is 0.713. The highest BCUT2D eigenvalue weighted by atomic mass is 79.9. The van der Waals surface area contributed by atoms with Crippen molar-refractivity contribution in [3.8, 4) is 10.4 Å². The maximum atomic E-state index is 11.2. The SMILES string of the molecule is CC(=O)/C(C)=C/c1ccc(-c2ccccc2Br)s1. The van der Waals surface area contributed by atoms with Gasteiger partial charge in [0, 0.05) is 19.8 Å². The minimum absolute atomic E-state index is 0.117. The molecule has 0 amide bonds. The summed E-state index contributed by atoms with van der Waals surface area (Å²) in [5, 5.41) is 0. The summed E-state index contributed by atoms with van der Waals surface area (Å²) in [6.07, 6.45) is 1.94. The fourth-order valence-electron chi connectivity index (χ4n) is 1.55. The fraction of sp³-hybridized carbons (Fsp3) is 0.133. The highest BCUT2D eigenvalue weighted by Crippen LogP contribution is 2.34. The number of halogens is 1. The lowest BCUT2D eigenvalue weighted by Crippen LogP contribution is -1.89. The zero-order chi connectivity index (χ0) is 13.1. The largest absolute Gasteiger partial charge is 0.295 e. The summed E-state index contributed by atoms with van der Waals surface area (Å²) in [7, 11) is 0. The van der Waals surface area contributed by atoms with E-state index in [1.54, 1.807) is 18.3 Å². The molecule has 18 heavy (non-hydrogen) atoms. The standard InChI is InChI=1S/C15H13BrOS/c1-10(11(2)17)9-12-7-8-15(18-12)13-5-3-4-6-14(13)16/h3-9H,1-2H3/b10-9+. The molecule has 1 aromatic carbocycles. The number of benzene rings is 1. The third kappa shape index (κ3) is 2.98. The van der Waals surface area contributed by atoms with E-state index < -0.39 is 0 Å². The molecule has 2 rings (SSSR count). The predicted molar refractivity (Wildman–Crippen MR) is 81.8 cm³/mol. The number of rotatable bonds is 3. The molecule has 0 N–H and O–H groups in total. The lowest BCUT2D eigenvalue weighted by atomic mass is 10.2. The molecule has 0 aliphatic rings. The maximum absolute atomic E-state index is 11.2. The minimum Gasteiger partial charge on any atom is -0.295 e. The van der Waals surface area contributed by atoms with Crippen LogP contribution in [0.5, 0.6) is 0 Å². The summed E-state index contributed by atoms with van der Waals surface area (Å²) in [6, 6.07) is 12.3.